The minimum absolute atomic E-state index is 0.351. The summed E-state index contributed by atoms with van der Waals surface area (Å²) in [6.45, 7) is 7.44. The molecule has 0 aliphatic carbocycles. The summed E-state index contributed by atoms with van der Waals surface area (Å²) in [6.07, 6.45) is 16.2. The second kappa shape index (κ2) is 20.9. The van der Waals surface area contributed by atoms with E-state index in [0.717, 1.165) is 37.3 Å². The van der Waals surface area contributed by atoms with Crippen molar-refractivity contribution in [3.63, 3.8) is 0 Å². The number of aryl methyl sites for hydroxylation is 1. The molecule has 0 amide bonds. The van der Waals surface area contributed by atoms with Gasteiger partial charge in [-0.05, 0) is 18.8 Å². The van der Waals surface area contributed by atoms with Gasteiger partial charge in [-0.2, -0.15) is 4.98 Å². The van der Waals surface area contributed by atoms with E-state index < -0.39 is 0 Å². The van der Waals surface area contributed by atoms with Crippen molar-refractivity contribution in [3.8, 4) is 17.3 Å². The molecule has 220 valence electrons. The average molecular weight is 608 g/mol. The molecule has 1 unspecified atom stereocenters. The van der Waals surface area contributed by atoms with Crippen LogP contribution in [-0.4, -0.2) is 26.5 Å². The molecule has 3 rings (SSSR count). The first-order valence-electron chi connectivity index (χ1n) is 14.9. The number of aromatic nitrogens is 4. The number of rotatable bonds is 17. The van der Waals surface area contributed by atoms with Crippen molar-refractivity contribution < 1.29 is 4.74 Å². The highest BCUT2D eigenvalue weighted by atomic mass is 35.5. The molecule has 5 nitrogen and oxygen atoms in total. The fraction of sp³-hybridized carbons (Fsp3) is 0.562. The number of benzene rings is 1. The highest BCUT2D eigenvalue weighted by Gasteiger charge is 2.10. The van der Waals surface area contributed by atoms with Gasteiger partial charge in [-0.25, -0.2) is 15.0 Å². The maximum atomic E-state index is 6.16. The molecule has 0 radical (unpaired) electrons. The van der Waals surface area contributed by atoms with Crippen molar-refractivity contribution in [1.29, 1.82) is 0 Å². The van der Waals surface area contributed by atoms with Gasteiger partial charge in [0.25, 0.3) is 0 Å². The standard InChI is InChI=1S/C22H39ClN2O.C10H6Cl2N2/c1-4-7-9-10-11-12-13-14-16-21-24-20(23)17-22(25-21)26-18-19(6-3)15-8-5-2;11-8-6-9(12)14-10(13-8)7-4-2-1-3-5-7/h17,19H,4-16,18H2,1-3H3;1-6H. The Morgan fingerprint density at radius 3 is 1.90 bits per heavy atom. The first-order valence-corrected chi connectivity index (χ1v) is 16.0. The minimum atomic E-state index is 0.351. The maximum Gasteiger partial charge on any atom is 0.218 e. The van der Waals surface area contributed by atoms with Crippen LogP contribution in [0.1, 0.15) is 104 Å². The SMILES string of the molecule is CCCCCCCCCCc1nc(Cl)cc(OCC(CC)CCCC)n1.Clc1cc(Cl)nc(-c2ccccc2)n1. The molecular formula is C32H45Cl3N4O. The molecule has 0 N–H and O–H groups in total. The van der Waals surface area contributed by atoms with E-state index in [1.165, 1.54) is 70.3 Å². The number of ether oxygens (including phenoxy) is 1. The molecule has 1 atom stereocenters. The molecule has 0 saturated heterocycles. The average Bonchev–Trinajstić information content (AvgIpc) is 2.95. The number of hydrogen-bond donors (Lipinski definition) is 0. The molecule has 2 heterocycles. The van der Waals surface area contributed by atoms with Crippen LogP contribution in [0.15, 0.2) is 42.5 Å². The quantitative estimate of drug-likeness (QED) is 0.113. The van der Waals surface area contributed by atoms with Crippen molar-refractivity contribution in [2.24, 2.45) is 5.92 Å². The number of halogens is 3. The summed E-state index contributed by atoms with van der Waals surface area (Å²) in [5, 5.41) is 1.19. The Morgan fingerprint density at radius 2 is 1.27 bits per heavy atom. The zero-order chi connectivity index (χ0) is 29.0. The Balaban J connectivity index is 0.000000333. The third kappa shape index (κ3) is 14.6. The predicted octanol–water partition coefficient (Wildman–Crippen LogP) is 10.9. The van der Waals surface area contributed by atoms with Gasteiger partial charge < -0.3 is 4.74 Å². The Kier molecular flexibility index (Phi) is 17.9. The predicted molar refractivity (Wildman–Crippen MR) is 170 cm³/mol. The number of unbranched alkanes of at least 4 members (excludes halogenated alkanes) is 8. The molecule has 40 heavy (non-hydrogen) atoms. The van der Waals surface area contributed by atoms with Gasteiger partial charge in [-0.1, -0.05) is 150 Å². The third-order valence-corrected chi connectivity index (χ3v) is 7.26. The summed E-state index contributed by atoms with van der Waals surface area (Å²) in [5.74, 6) is 2.59. The normalized spacial score (nSPS) is 11.6. The molecule has 0 aliphatic heterocycles. The van der Waals surface area contributed by atoms with E-state index in [9.17, 15) is 0 Å². The van der Waals surface area contributed by atoms with Crippen molar-refractivity contribution >= 4 is 34.8 Å². The topological polar surface area (TPSA) is 60.8 Å². The minimum Gasteiger partial charge on any atom is -0.477 e. The monoisotopic (exact) mass is 606 g/mol. The van der Waals surface area contributed by atoms with Crippen LogP contribution >= 0.6 is 34.8 Å². The summed E-state index contributed by atoms with van der Waals surface area (Å²) >= 11 is 17.7. The second-order valence-corrected chi connectivity index (χ2v) is 11.3. The lowest BCUT2D eigenvalue weighted by Crippen LogP contribution is -2.12. The van der Waals surface area contributed by atoms with Gasteiger partial charge in [-0.15, -0.1) is 0 Å². The molecule has 0 spiro atoms. The van der Waals surface area contributed by atoms with E-state index >= 15 is 0 Å². The van der Waals surface area contributed by atoms with Gasteiger partial charge >= 0.3 is 0 Å². The van der Waals surface area contributed by atoms with Crippen LogP contribution in [-0.2, 0) is 6.42 Å². The fourth-order valence-electron chi connectivity index (χ4n) is 4.25. The first-order chi connectivity index (χ1) is 19.4. The van der Waals surface area contributed by atoms with Crippen molar-refractivity contribution in [2.75, 3.05) is 6.61 Å². The van der Waals surface area contributed by atoms with Crippen molar-refractivity contribution in [3.05, 3.63) is 63.7 Å². The van der Waals surface area contributed by atoms with E-state index in [2.05, 4.69) is 40.7 Å². The summed E-state index contributed by atoms with van der Waals surface area (Å²) in [4.78, 5) is 17.1. The van der Waals surface area contributed by atoms with Crippen LogP contribution in [0.5, 0.6) is 5.88 Å². The van der Waals surface area contributed by atoms with Crippen molar-refractivity contribution in [2.45, 2.75) is 104 Å². The van der Waals surface area contributed by atoms with Gasteiger partial charge in [0.05, 0.1) is 6.61 Å². The molecule has 8 heteroatoms. The van der Waals surface area contributed by atoms with E-state index in [0.29, 0.717) is 33.1 Å². The molecule has 0 bridgehead atoms. The molecule has 0 aliphatic rings. The lowest BCUT2D eigenvalue weighted by Gasteiger charge is -2.15. The Morgan fingerprint density at radius 1 is 0.675 bits per heavy atom. The third-order valence-electron chi connectivity index (χ3n) is 6.68. The summed E-state index contributed by atoms with van der Waals surface area (Å²) in [5.41, 5.74) is 0.900. The highest BCUT2D eigenvalue weighted by Crippen LogP contribution is 2.20. The van der Waals surface area contributed by atoms with E-state index in [4.69, 9.17) is 39.5 Å². The van der Waals surface area contributed by atoms with Crippen LogP contribution in [0, 0.1) is 5.92 Å². The molecule has 3 aromatic rings. The van der Waals surface area contributed by atoms with Gasteiger partial charge in [0.2, 0.25) is 5.88 Å². The van der Waals surface area contributed by atoms with E-state index in [-0.39, 0.29) is 0 Å². The fourth-order valence-corrected chi connectivity index (χ4v) is 4.87. The maximum absolute atomic E-state index is 6.16. The summed E-state index contributed by atoms with van der Waals surface area (Å²) < 4.78 is 5.92. The van der Waals surface area contributed by atoms with Gasteiger partial charge in [0.15, 0.2) is 5.82 Å². The van der Waals surface area contributed by atoms with Crippen LogP contribution < -0.4 is 4.74 Å². The van der Waals surface area contributed by atoms with E-state index in [1.807, 2.05) is 30.3 Å². The van der Waals surface area contributed by atoms with Gasteiger partial charge in [0.1, 0.15) is 21.3 Å². The smallest absolute Gasteiger partial charge is 0.218 e. The molecular weight excluding hydrogens is 563 g/mol. The zero-order valence-electron chi connectivity index (χ0n) is 24.3. The first kappa shape index (κ1) is 34.3. The van der Waals surface area contributed by atoms with Crippen LogP contribution in [0.25, 0.3) is 11.4 Å². The van der Waals surface area contributed by atoms with Crippen LogP contribution in [0.2, 0.25) is 15.5 Å². The largest absolute Gasteiger partial charge is 0.477 e. The zero-order valence-corrected chi connectivity index (χ0v) is 26.6. The Labute approximate surface area is 256 Å². The molecule has 0 fully saturated rings. The molecule has 1 aromatic carbocycles. The summed E-state index contributed by atoms with van der Waals surface area (Å²) in [6, 6.07) is 12.8. The van der Waals surface area contributed by atoms with Crippen LogP contribution in [0.3, 0.4) is 0 Å². The molecule has 0 saturated carbocycles. The Bertz CT molecular complexity index is 1060. The van der Waals surface area contributed by atoms with Gasteiger partial charge in [-0.3, -0.25) is 0 Å². The molecule has 2 aromatic heterocycles. The number of hydrogen-bond acceptors (Lipinski definition) is 5. The highest BCUT2D eigenvalue weighted by molar-refractivity contribution is 6.33. The lowest BCUT2D eigenvalue weighted by molar-refractivity contribution is 0.225. The summed E-state index contributed by atoms with van der Waals surface area (Å²) in [7, 11) is 0. The van der Waals surface area contributed by atoms with Gasteiger partial charge in [0, 0.05) is 24.1 Å². The van der Waals surface area contributed by atoms with Crippen molar-refractivity contribution in [1.82, 2.24) is 19.9 Å². The number of nitrogens with zero attached hydrogens (tertiary/aromatic N) is 4. The Hall–Kier alpha value is -1.95. The van der Waals surface area contributed by atoms with Crippen LogP contribution in [0.4, 0.5) is 0 Å². The lowest BCUT2D eigenvalue weighted by atomic mass is 10.0. The van der Waals surface area contributed by atoms with E-state index in [1.54, 1.807) is 6.07 Å². The second-order valence-electron chi connectivity index (χ2n) is 10.1.